The highest BCUT2D eigenvalue weighted by Crippen LogP contribution is 2.24. The topological polar surface area (TPSA) is 64.2 Å². The molecule has 1 aromatic rings. The molecule has 1 aromatic heterocycles. The molecule has 1 unspecified atom stereocenters. The molecule has 5 nitrogen and oxygen atoms in total. The van der Waals surface area contributed by atoms with E-state index in [2.05, 4.69) is 23.7 Å². The van der Waals surface area contributed by atoms with E-state index in [0.29, 0.717) is 24.3 Å². The van der Waals surface area contributed by atoms with Gasteiger partial charge in [-0.3, -0.25) is 4.79 Å². The molecule has 20 heavy (non-hydrogen) atoms. The summed E-state index contributed by atoms with van der Waals surface area (Å²) in [6.45, 7) is 6.63. The molecule has 1 atom stereocenters. The van der Waals surface area contributed by atoms with Crippen molar-refractivity contribution in [3.05, 3.63) is 22.7 Å². The molecular weight excluding hydrogens is 252 g/mol. The van der Waals surface area contributed by atoms with Crippen molar-refractivity contribution in [1.29, 1.82) is 0 Å². The highest BCUT2D eigenvalue weighted by molar-refractivity contribution is 5.38. The first kappa shape index (κ1) is 15.0. The van der Waals surface area contributed by atoms with Crippen molar-refractivity contribution in [2.45, 2.75) is 52.1 Å². The largest absolute Gasteiger partial charge is 0.349 e. The molecular formula is C15H26N4O. The van der Waals surface area contributed by atoms with Crippen LogP contribution in [-0.4, -0.2) is 28.7 Å². The van der Waals surface area contributed by atoms with Crippen LogP contribution in [0.5, 0.6) is 0 Å². The van der Waals surface area contributed by atoms with Crippen LogP contribution in [0.2, 0.25) is 0 Å². The van der Waals surface area contributed by atoms with E-state index in [-0.39, 0.29) is 5.56 Å². The molecule has 1 aliphatic heterocycles. The Labute approximate surface area is 120 Å². The van der Waals surface area contributed by atoms with Crippen molar-refractivity contribution in [1.82, 2.24) is 9.55 Å². The average molecular weight is 278 g/mol. The molecule has 1 aliphatic rings. The predicted molar refractivity (Wildman–Crippen MR) is 82.0 cm³/mol. The zero-order valence-electron chi connectivity index (χ0n) is 12.6. The highest BCUT2D eigenvalue weighted by Gasteiger charge is 2.27. The number of anilines is 1. The Balaban J connectivity index is 2.21. The van der Waals surface area contributed by atoms with Gasteiger partial charge < -0.3 is 15.2 Å². The fraction of sp³-hybridized carbons (Fsp3) is 0.733. The van der Waals surface area contributed by atoms with Crippen LogP contribution in [0.25, 0.3) is 0 Å². The van der Waals surface area contributed by atoms with Crippen molar-refractivity contribution in [2.24, 2.45) is 11.7 Å². The molecule has 5 heteroatoms. The fourth-order valence-corrected chi connectivity index (χ4v) is 2.94. The molecule has 0 radical (unpaired) electrons. The van der Waals surface area contributed by atoms with E-state index in [0.717, 1.165) is 38.8 Å². The standard InChI is InChI=1S/C15H26N4O/c1-12(2)11-18-10-8-17-14(15(18)20)19-9-4-6-13(19)5-3-7-16/h8,10,12-13H,3-7,9,11,16H2,1-2H3. The average Bonchev–Trinajstić information content (AvgIpc) is 2.86. The molecule has 2 rings (SSSR count). The van der Waals surface area contributed by atoms with Crippen molar-refractivity contribution in [2.75, 3.05) is 18.0 Å². The zero-order valence-corrected chi connectivity index (χ0v) is 12.6. The van der Waals surface area contributed by atoms with Crippen LogP contribution < -0.4 is 16.2 Å². The summed E-state index contributed by atoms with van der Waals surface area (Å²) in [7, 11) is 0. The molecule has 1 saturated heterocycles. The van der Waals surface area contributed by atoms with E-state index < -0.39 is 0 Å². The van der Waals surface area contributed by atoms with E-state index >= 15 is 0 Å². The molecule has 0 amide bonds. The van der Waals surface area contributed by atoms with Gasteiger partial charge in [0.1, 0.15) is 0 Å². The lowest BCUT2D eigenvalue weighted by Gasteiger charge is -2.25. The lowest BCUT2D eigenvalue weighted by molar-refractivity contribution is 0.505. The second kappa shape index (κ2) is 6.88. The van der Waals surface area contributed by atoms with E-state index in [1.807, 2.05) is 0 Å². The van der Waals surface area contributed by atoms with Crippen LogP contribution in [0, 0.1) is 5.92 Å². The maximum Gasteiger partial charge on any atom is 0.293 e. The third kappa shape index (κ3) is 3.39. The van der Waals surface area contributed by atoms with Gasteiger partial charge in [-0.25, -0.2) is 4.98 Å². The van der Waals surface area contributed by atoms with Gasteiger partial charge in [0, 0.05) is 31.5 Å². The monoisotopic (exact) mass is 278 g/mol. The molecule has 0 saturated carbocycles. The fourth-order valence-electron chi connectivity index (χ4n) is 2.94. The lowest BCUT2D eigenvalue weighted by Crippen LogP contribution is -2.37. The van der Waals surface area contributed by atoms with Gasteiger partial charge in [0.05, 0.1) is 0 Å². The highest BCUT2D eigenvalue weighted by atomic mass is 16.1. The zero-order chi connectivity index (χ0) is 14.5. The second-order valence-corrected chi connectivity index (χ2v) is 6.02. The first-order chi connectivity index (χ1) is 9.63. The molecule has 1 fully saturated rings. The normalized spacial score (nSPS) is 19.0. The molecule has 0 aromatic carbocycles. The Morgan fingerprint density at radius 3 is 3.00 bits per heavy atom. The van der Waals surface area contributed by atoms with E-state index in [1.165, 1.54) is 0 Å². The van der Waals surface area contributed by atoms with Crippen LogP contribution in [0.4, 0.5) is 5.82 Å². The van der Waals surface area contributed by atoms with E-state index in [4.69, 9.17) is 5.73 Å². The minimum atomic E-state index is 0.0425. The molecule has 112 valence electrons. The molecule has 0 bridgehead atoms. The second-order valence-electron chi connectivity index (χ2n) is 6.02. The molecule has 0 aliphatic carbocycles. The summed E-state index contributed by atoms with van der Waals surface area (Å²) >= 11 is 0. The minimum Gasteiger partial charge on any atom is -0.349 e. The summed E-state index contributed by atoms with van der Waals surface area (Å²) < 4.78 is 1.78. The number of nitrogens with two attached hydrogens (primary N) is 1. The summed E-state index contributed by atoms with van der Waals surface area (Å²) in [5.41, 5.74) is 5.64. The van der Waals surface area contributed by atoms with Gasteiger partial charge in [0.15, 0.2) is 5.82 Å². The minimum absolute atomic E-state index is 0.0425. The van der Waals surface area contributed by atoms with Gasteiger partial charge in [-0.15, -0.1) is 0 Å². The van der Waals surface area contributed by atoms with Gasteiger partial charge in [0.2, 0.25) is 0 Å². The van der Waals surface area contributed by atoms with Gasteiger partial charge in [-0.05, 0) is 38.1 Å². The molecule has 0 spiro atoms. The summed E-state index contributed by atoms with van der Waals surface area (Å²) in [5.74, 6) is 1.07. The van der Waals surface area contributed by atoms with Gasteiger partial charge >= 0.3 is 0 Å². The van der Waals surface area contributed by atoms with Crippen LogP contribution >= 0.6 is 0 Å². The van der Waals surface area contributed by atoms with Crippen molar-refractivity contribution in [3.63, 3.8) is 0 Å². The van der Waals surface area contributed by atoms with Crippen LogP contribution in [0.1, 0.15) is 39.5 Å². The Morgan fingerprint density at radius 1 is 1.50 bits per heavy atom. The van der Waals surface area contributed by atoms with Crippen LogP contribution in [-0.2, 0) is 6.54 Å². The number of rotatable bonds is 6. The van der Waals surface area contributed by atoms with Crippen molar-refractivity contribution >= 4 is 5.82 Å². The SMILES string of the molecule is CC(C)Cn1ccnc(N2CCCC2CCCN)c1=O. The quantitative estimate of drug-likeness (QED) is 0.858. The van der Waals surface area contributed by atoms with Gasteiger partial charge in [0.25, 0.3) is 5.56 Å². The van der Waals surface area contributed by atoms with Crippen LogP contribution in [0.3, 0.4) is 0 Å². The van der Waals surface area contributed by atoms with Gasteiger partial charge in [-0.2, -0.15) is 0 Å². The van der Waals surface area contributed by atoms with Crippen molar-refractivity contribution < 1.29 is 0 Å². The smallest absolute Gasteiger partial charge is 0.293 e. The Morgan fingerprint density at radius 2 is 2.30 bits per heavy atom. The Kier molecular flexibility index (Phi) is 5.17. The first-order valence-electron chi connectivity index (χ1n) is 7.65. The molecule has 2 N–H and O–H groups in total. The molecule has 2 heterocycles. The van der Waals surface area contributed by atoms with Crippen LogP contribution in [0.15, 0.2) is 17.2 Å². The lowest BCUT2D eigenvalue weighted by atomic mass is 10.1. The number of hydrogen-bond acceptors (Lipinski definition) is 4. The van der Waals surface area contributed by atoms with Crippen molar-refractivity contribution in [3.8, 4) is 0 Å². The summed E-state index contributed by atoms with van der Waals surface area (Å²) in [4.78, 5) is 19.1. The van der Waals surface area contributed by atoms with E-state index in [9.17, 15) is 4.79 Å². The number of aromatic nitrogens is 2. The Hall–Kier alpha value is -1.36. The summed E-state index contributed by atoms with van der Waals surface area (Å²) in [6.07, 6.45) is 7.87. The number of hydrogen-bond donors (Lipinski definition) is 1. The first-order valence-corrected chi connectivity index (χ1v) is 7.65. The third-order valence-electron chi connectivity index (χ3n) is 3.85. The summed E-state index contributed by atoms with van der Waals surface area (Å²) in [5, 5.41) is 0. The maximum absolute atomic E-state index is 12.5. The maximum atomic E-state index is 12.5. The Bertz CT molecular complexity index is 483. The predicted octanol–water partition coefficient (Wildman–Crippen LogP) is 1.61. The van der Waals surface area contributed by atoms with E-state index in [1.54, 1.807) is 17.0 Å². The van der Waals surface area contributed by atoms with Gasteiger partial charge in [-0.1, -0.05) is 13.8 Å². The number of nitrogens with zero attached hydrogens (tertiary/aromatic N) is 3. The summed E-state index contributed by atoms with van der Waals surface area (Å²) in [6, 6.07) is 0.425. The third-order valence-corrected chi connectivity index (χ3v) is 3.85.